The Morgan fingerprint density at radius 3 is 2.59 bits per heavy atom. The molecule has 0 radical (unpaired) electrons. The predicted molar refractivity (Wildman–Crippen MR) is 86.4 cm³/mol. The zero-order valence-electron chi connectivity index (χ0n) is 13.8. The molecule has 1 fully saturated rings. The van der Waals surface area contributed by atoms with E-state index in [4.69, 9.17) is 15.2 Å². The van der Waals surface area contributed by atoms with E-state index >= 15 is 0 Å². The minimum absolute atomic E-state index is 0.0453. The lowest BCUT2D eigenvalue weighted by molar-refractivity contribution is 0.0897. The molecule has 1 aromatic rings. The molecule has 22 heavy (non-hydrogen) atoms. The molecule has 1 saturated carbocycles. The largest absolute Gasteiger partial charge is 0.493 e. The van der Waals surface area contributed by atoms with Crippen molar-refractivity contribution in [3.05, 3.63) is 23.8 Å². The van der Waals surface area contributed by atoms with Gasteiger partial charge in [0.05, 0.1) is 18.8 Å². The number of ether oxygens (including phenoxy) is 2. The molecule has 1 aliphatic rings. The van der Waals surface area contributed by atoms with Crippen LogP contribution in [-0.2, 0) is 0 Å². The second-order valence-electron chi connectivity index (χ2n) is 6.38. The summed E-state index contributed by atoms with van der Waals surface area (Å²) in [6.45, 7) is 6.34. The van der Waals surface area contributed by atoms with Crippen LogP contribution >= 0.6 is 0 Å². The molecular weight excluding hydrogens is 280 g/mol. The number of nitrogens with one attached hydrogen (secondary N) is 1. The van der Waals surface area contributed by atoms with E-state index in [2.05, 4.69) is 5.32 Å². The normalized spacial score (nSPS) is 17.0. The number of amides is 1. The Hall–Kier alpha value is -1.75. The van der Waals surface area contributed by atoms with Gasteiger partial charge in [-0.25, -0.2) is 0 Å². The number of carbonyl (C=O) groups is 1. The molecule has 0 spiro atoms. The summed E-state index contributed by atoms with van der Waals surface area (Å²) < 4.78 is 11.0. The molecule has 0 bridgehead atoms. The summed E-state index contributed by atoms with van der Waals surface area (Å²) >= 11 is 0. The molecule has 3 N–H and O–H groups in total. The first kappa shape index (κ1) is 16.6. The van der Waals surface area contributed by atoms with Crippen molar-refractivity contribution < 1.29 is 14.3 Å². The first-order valence-electron chi connectivity index (χ1n) is 7.77. The SMILES string of the molecule is COc1cc(C(=O)NC(C)(CN)C2CC2)ccc1OC(C)C. The van der Waals surface area contributed by atoms with Gasteiger partial charge in [-0.3, -0.25) is 4.79 Å². The number of rotatable bonds is 7. The Morgan fingerprint density at radius 2 is 2.09 bits per heavy atom. The third kappa shape index (κ3) is 3.71. The predicted octanol–water partition coefficient (Wildman–Crippen LogP) is 2.34. The van der Waals surface area contributed by atoms with Gasteiger partial charge in [0.15, 0.2) is 11.5 Å². The van der Waals surface area contributed by atoms with Crippen LogP contribution in [0.15, 0.2) is 18.2 Å². The van der Waals surface area contributed by atoms with Crippen molar-refractivity contribution in [3.63, 3.8) is 0 Å². The number of hydrogen-bond acceptors (Lipinski definition) is 4. The maximum Gasteiger partial charge on any atom is 0.251 e. The highest BCUT2D eigenvalue weighted by atomic mass is 16.5. The van der Waals surface area contributed by atoms with Gasteiger partial charge in [-0.1, -0.05) is 0 Å². The van der Waals surface area contributed by atoms with E-state index in [1.165, 1.54) is 0 Å². The Kier molecular flexibility index (Phi) is 4.96. The van der Waals surface area contributed by atoms with E-state index < -0.39 is 0 Å². The average molecular weight is 306 g/mol. The molecule has 1 aromatic carbocycles. The van der Waals surface area contributed by atoms with Gasteiger partial charge in [-0.2, -0.15) is 0 Å². The van der Waals surface area contributed by atoms with Crippen LogP contribution in [0.5, 0.6) is 11.5 Å². The lowest BCUT2D eigenvalue weighted by Crippen LogP contribution is -2.53. The van der Waals surface area contributed by atoms with Crippen LogP contribution in [0, 0.1) is 5.92 Å². The van der Waals surface area contributed by atoms with Crippen molar-refractivity contribution >= 4 is 5.91 Å². The van der Waals surface area contributed by atoms with Crippen LogP contribution in [0.3, 0.4) is 0 Å². The van der Waals surface area contributed by atoms with Gasteiger partial charge < -0.3 is 20.5 Å². The zero-order valence-corrected chi connectivity index (χ0v) is 13.8. The maximum absolute atomic E-state index is 12.5. The summed E-state index contributed by atoms with van der Waals surface area (Å²) in [7, 11) is 1.57. The smallest absolute Gasteiger partial charge is 0.251 e. The molecule has 0 aliphatic heterocycles. The van der Waals surface area contributed by atoms with E-state index in [1.54, 1.807) is 25.3 Å². The van der Waals surface area contributed by atoms with Crippen molar-refractivity contribution in [2.45, 2.75) is 45.3 Å². The number of methoxy groups -OCH3 is 1. The molecule has 1 unspecified atom stereocenters. The summed E-state index contributed by atoms with van der Waals surface area (Å²) in [5.41, 5.74) is 6.06. The molecule has 122 valence electrons. The van der Waals surface area contributed by atoms with Crippen molar-refractivity contribution in [3.8, 4) is 11.5 Å². The van der Waals surface area contributed by atoms with Crippen molar-refractivity contribution in [2.75, 3.05) is 13.7 Å². The monoisotopic (exact) mass is 306 g/mol. The topological polar surface area (TPSA) is 73.6 Å². The van der Waals surface area contributed by atoms with Gasteiger partial charge in [0, 0.05) is 12.1 Å². The third-order valence-corrected chi connectivity index (χ3v) is 4.09. The van der Waals surface area contributed by atoms with Crippen LogP contribution < -0.4 is 20.5 Å². The summed E-state index contributed by atoms with van der Waals surface area (Å²) in [6.07, 6.45) is 2.29. The number of benzene rings is 1. The second kappa shape index (κ2) is 6.57. The highest BCUT2D eigenvalue weighted by Crippen LogP contribution is 2.39. The van der Waals surface area contributed by atoms with E-state index in [1.807, 2.05) is 20.8 Å². The molecule has 0 saturated heterocycles. The van der Waals surface area contributed by atoms with Crippen LogP contribution in [0.25, 0.3) is 0 Å². The second-order valence-corrected chi connectivity index (χ2v) is 6.38. The third-order valence-electron chi connectivity index (χ3n) is 4.09. The number of nitrogens with two attached hydrogens (primary N) is 1. The fourth-order valence-corrected chi connectivity index (χ4v) is 2.53. The first-order valence-corrected chi connectivity index (χ1v) is 7.77. The minimum atomic E-state index is -0.336. The first-order chi connectivity index (χ1) is 10.4. The summed E-state index contributed by atoms with van der Waals surface area (Å²) in [5.74, 6) is 1.54. The highest BCUT2D eigenvalue weighted by Gasteiger charge is 2.41. The van der Waals surface area contributed by atoms with Gasteiger partial charge in [0.1, 0.15) is 0 Å². The van der Waals surface area contributed by atoms with Crippen LogP contribution in [0.4, 0.5) is 0 Å². The van der Waals surface area contributed by atoms with E-state index in [-0.39, 0.29) is 17.6 Å². The van der Waals surface area contributed by atoms with Crippen LogP contribution in [0.1, 0.15) is 44.0 Å². The quantitative estimate of drug-likeness (QED) is 0.811. The van der Waals surface area contributed by atoms with Gasteiger partial charge in [0.25, 0.3) is 5.91 Å². The Labute approximate surface area is 132 Å². The molecular formula is C17H26N2O3. The number of hydrogen-bond donors (Lipinski definition) is 2. The molecule has 1 amide bonds. The van der Waals surface area contributed by atoms with Gasteiger partial charge in [-0.05, 0) is 57.7 Å². The average Bonchev–Trinajstić information content (AvgIpc) is 3.31. The number of carbonyl (C=O) groups excluding carboxylic acids is 1. The highest BCUT2D eigenvalue weighted by molar-refractivity contribution is 5.95. The summed E-state index contributed by atoms with van der Waals surface area (Å²) in [5, 5.41) is 3.07. The Bertz CT molecular complexity index is 541. The summed E-state index contributed by atoms with van der Waals surface area (Å²) in [6, 6.07) is 5.22. The van der Waals surface area contributed by atoms with Crippen molar-refractivity contribution in [1.29, 1.82) is 0 Å². The van der Waals surface area contributed by atoms with Gasteiger partial charge in [0.2, 0.25) is 0 Å². The molecule has 1 atom stereocenters. The Morgan fingerprint density at radius 1 is 1.41 bits per heavy atom. The lowest BCUT2D eigenvalue weighted by atomic mass is 9.95. The van der Waals surface area contributed by atoms with Crippen LogP contribution in [0.2, 0.25) is 0 Å². The lowest BCUT2D eigenvalue weighted by Gasteiger charge is -2.29. The molecule has 0 aromatic heterocycles. The summed E-state index contributed by atoms with van der Waals surface area (Å²) in [4.78, 5) is 12.5. The van der Waals surface area contributed by atoms with Gasteiger partial charge in [-0.15, -0.1) is 0 Å². The zero-order chi connectivity index (χ0) is 16.3. The molecule has 2 rings (SSSR count). The minimum Gasteiger partial charge on any atom is -0.493 e. The standard InChI is InChI=1S/C17H26N2O3/c1-11(2)22-14-8-5-12(9-15(14)21-4)16(20)19-17(3,10-18)13-6-7-13/h5,8-9,11,13H,6-7,10,18H2,1-4H3,(H,19,20). The van der Waals surface area contributed by atoms with E-state index in [0.29, 0.717) is 29.5 Å². The molecule has 5 heteroatoms. The van der Waals surface area contributed by atoms with Crippen LogP contribution in [-0.4, -0.2) is 31.2 Å². The van der Waals surface area contributed by atoms with Crippen molar-refractivity contribution in [1.82, 2.24) is 5.32 Å². The molecule has 1 aliphatic carbocycles. The fraction of sp³-hybridized carbons (Fsp3) is 0.588. The fourth-order valence-electron chi connectivity index (χ4n) is 2.53. The van der Waals surface area contributed by atoms with E-state index in [0.717, 1.165) is 12.8 Å². The molecule has 5 nitrogen and oxygen atoms in total. The van der Waals surface area contributed by atoms with Gasteiger partial charge >= 0.3 is 0 Å². The van der Waals surface area contributed by atoms with E-state index in [9.17, 15) is 4.79 Å². The Balaban J connectivity index is 2.16. The van der Waals surface area contributed by atoms with Crippen molar-refractivity contribution in [2.24, 2.45) is 11.7 Å². The molecule has 0 heterocycles. The maximum atomic E-state index is 12.5.